The molecule has 2 aromatic rings. The van der Waals surface area contributed by atoms with E-state index in [1.807, 2.05) is 18.2 Å². The van der Waals surface area contributed by atoms with Crippen LogP contribution in [0, 0.1) is 0 Å². The Kier molecular flexibility index (Phi) is 6.19. The summed E-state index contributed by atoms with van der Waals surface area (Å²) < 4.78 is 5.72. The predicted octanol–water partition coefficient (Wildman–Crippen LogP) is 5.34. The van der Waals surface area contributed by atoms with E-state index in [4.69, 9.17) is 39.5 Å². The molecule has 0 aliphatic rings. The molecule has 2 aromatic carbocycles. The average molecular weight is 345 g/mol. The van der Waals surface area contributed by atoms with Crippen LogP contribution in [0.2, 0.25) is 15.1 Å². The summed E-state index contributed by atoms with van der Waals surface area (Å²) in [6.07, 6.45) is 0. The van der Waals surface area contributed by atoms with Gasteiger partial charge < -0.3 is 10.1 Å². The van der Waals surface area contributed by atoms with E-state index in [9.17, 15) is 0 Å². The number of rotatable bonds is 6. The van der Waals surface area contributed by atoms with Crippen LogP contribution in [-0.4, -0.2) is 6.54 Å². The van der Waals surface area contributed by atoms with E-state index >= 15 is 0 Å². The van der Waals surface area contributed by atoms with Crippen molar-refractivity contribution in [2.45, 2.75) is 20.1 Å². The topological polar surface area (TPSA) is 21.3 Å². The molecule has 0 atom stereocenters. The van der Waals surface area contributed by atoms with Crippen molar-refractivity contribution in [2.24, 2.45) is 0 Å². The smallest absolute Gasteiger partial charge is 0.138 e. The molecule has 112 valence electrons. The van der Waals surface area contributed by atoms with Crippen molar-refractivity contribution in [3.8, 4) is 5.75 Å². The minimum absolute atomic E-state index is 0.283. The Morgan fingerprint density at radius 1 is 1.00 bits per heavy atom. The Balaban J connectivity index is 2.06. The number of halogens is 3. The molecule has 0 aliphatic heterocycles. The van der Waals surface area contributed by atoms with Crippen LogP contribution in [0.3, 0.4) is 0 Å². The summed E-state index contributed by atoms with van der Waals surface area (Å²) in [6, 6.07) is 11.1. The third-order valence-corrected chi connectivity index (χ3v) is 4.01. The molecular weight excluding hydrogens is 329 g/mol. The number of benzene rings is 2. The number of hydrogen-bond donors (Lipinski definition) is 1. The zero-order chi connectivity index (χ0) is 15.2. The zero-order valence-corrected chi connectivity index (χ0v) is 13.9. The van der Waals surface area contributed by atoms with E-state index in [1.165, 1.54) is 0 Å². The van der Waals surface area contributed by atoms with Gasteiger partial charge in [-0.1, -0.05) is 53.9 Å². The third kappa shape index (κ3) is 4.52. The summed E-state index contributed by atoms with van der Waals surface area (Å²) in [4.78, 5) is 0. The lowest BCUT2D eigenvalue weighted by Gasteiger charge is -2.12. The van der Waals surface area contributed by atoms with Crippen molar-refractivity contribution in [1.82, 2.24) is 5.32 Å². The molecule has 0 amide bonds. The van der Waals surface area contributed by atoms with Crippen LogP contribution in [0.4, 0.5) is 0 Å². The number of hydrogen-bond acceptors (Lipinski definition) is 2. The second-order valence-corrected chi connectivity index (χ2v) is 5.76. The first-order valence-electron chi connectivity index (χ1n) is 6.66. The fourth-order valence-electron chi connectivity index (χ4n) is 1.86. The summed E-state index contributed by atoms with van der Waals surface area (Å²) in [5, 5.41) is 5.00. The molecule has 5 heteroatoms. The highest BCUT2D eigenvalue weighted by atomic mass is 35.5. The van der Waals surface area contributed by atoms with Gasteiger partial charge in [0, 0.05) is 22.2 Å². The van der Waals surface area contributed by atoms with E-state index in [-0.39, 0.29) is 6.61 Å². The lowest BCUT2D eigenvalue weighted by molar-refractivity contribution is 0.306. The highest BCUT2D eigenvalue weighted by Crippen LogP contribution is 2.29. The lowest BCUT2D eigenvalue weighted by atomic mass is 10.2. The predicted molar refractivity (Wildman–Crippen MR) is 89.6 cm³/mol. The maximum Gasteiger partial charge on any atom is 0.138 e. The van der Waals surface area contributed by atoms with Crippen molar-refractivity contribution in [1.29, 1.82) is 0 Å². The molecule has 0 saturated carbocycles. The van der Waals surface area contributed by atoms with Gasteiger partial charge in [0.25, 0.3) is 0 Å². The van der Waals surface area contributed by atoms with E-state index in [0.717, 1.165) is 24.2 Å². The molecule has 1 N–H and O–H groups in total. The number of nitrogens with one attached hydrogen (secondary N) is 1. The minimum Gasteiger partial charge on any atom is -0.487 e. The standard InChI is InChI=1S/C16H16Cl3NO/c1-2-20-9-11-6-7-16(15(19)8-11)21-10-12-13(17)4-3-5-14(12)18/h3-8,20H,2,9-10H2,1H3. The van der Waals surface area contributed by atoms with Gasteiger partial charge in [-0.3, -0.25) is 0 Å². The molecule has 21 heavy (non-hydrogen) atoms. The van der Waals surface area contributed by atoms with Gasteiger partial charge in [-0.25, -0.2) is 0 Å². The van der Waals surface area contributed by atoms with Crippen LogP contribution in [0.1, 0.15) is 18.1 Å². The molecule has 0 saturated heterocycles. The monoisotopic (exact) mass is 343 g/mol. The van der Waals surface area contributed by atoms with Gasteiger partial charge in [-0.15, -0.1) is 0 Å². The molecule has 0 aromatic heterocycles. The molecule has 0 spiro atoms. The van der Waals surface area contributed by atoms with Gasteiger partial charge in [-0.2, -0.15) is 0 Å². The fraction of sp³-hybridized carbons (Fsp3) is 0.250. The van der Waals surface area contributed by atoms with Crippen LogP contribution >= 0.6 is 34.8 Å². The van der Waals surface area contributed by atoms with Gasteiger partial charge >= 0.3 is 0 Å². The van der Waals surface area contributed by atoms with Crippen molar-refractivity contribution in [3.05, 3.63) is 62.6 Å². The molecular formula is C16H16Cl3NO. The second-order valence-electron chi connectivity index (χ2n) is 4.53. The quantitative estimate of drug-likeness (QED) is 0.764. The van der Waals surface area contributed by atoms with Gasteiger partial charge in [0.1, 0.15) is 12.4 Å². The first kappa shape index (κ1) is 16.4. The molecule has 0 aliphatic carbocycles. The van der Waals surface area contributed by atoms with Gasteiger partial charge in [0.2, 0.25) is 0 Å². The molecule has 0 heterocycles. The van der Waals surface area contributed by atoms with Gasteiger partial charge in [-0.05, 0) is 36.4 Å². The molecule has 0 radical (unpaired) electrons. The Morgan fingerprint density at radius 3 is 2.33 bits per heavy atom. The SMILES string of the molecule is CCNCc1ccc(OCc2c(Cl)cccc2Cl)c(Cl)c1. The van der Waals surface area contributed by atoms with Crippen molar-refractivity contribution >= 4 is 34.8 Å². The van der Waals surface area contributed by atoms with Crippen molar-refractivity contribution in [2.75, 3.05) is 6.54 Å². The summed E-state index contributed by atoms with van der Waals surface area (Å²) in [6.45, 7) is 4.05. The highest BCUT2D eigenvalue weighted by molar-refractivity contribution is 6.36. The summed E-state index contributed by atoms with van der Waals surface area (Å²) >= 11 is 18.5. The maximum atomic E-state index is 6.24. The molecule has 0 bridgehead atoms. The Labute approximate surface area is 140 Å². The van der Waals surface area contributed by atoms with Crippen LogP contribution in [0.25, 0.3) is 0 Å². The zero-order valence-electron chi connectivity index (χ0n) is 11.6. The van der Waals surface area contributed by atoms with Gasteiger partial charge in [0.15, 0.2) is 0 Å². The fourth-order valence-corrected chi connectivity index (χ4v) is 2.63. The summed E-state index contributed by atoms with van der Waals surface area (Å²) in [7, 11) is 0. The minimum atomic E-state index is 0.283. The molecule has 2 rings (SSSR count). The van der Waals surface area contributed by atoms with E-state index < -0.39 is 0 Å². The van der Waals surface area contributed by atoms with Crippen LogP contribution in [0.15, 0.2) is 36.4 Å². The Hall–Kier alpha value is -0.930. The highest BCUT2D eigenvalue weighted by Gasteiger charge is 2.08. The molecule has 0 fully saturated rings. The van der Waals surface area contributed by atoms with Gasteiger partial charge in [0.05, 0.1) is 5.02 Å². The first-order valence-corrected chi connectivity index (χ1v) is 7.80. The third-order valence-electron chi connectivity index (χ3n) is 3.01. The molecule has 2 nitrogen and oxygen atoms in total. The number of ether oxygens (including phenoxy) is 1. The van der Waals surface area contributed by atoms with Crippen LogP contribution in [-0.2, 0) is 13.2 Å². The average Bonchev–Trinajstić information content (AvgIpc) is 2.46. The first-order chi connectivity index (χ1) is 10.1. The summed E-state index contributed by atoms with van der Waals surface area (Å²) in [5.41, 5.74) is 1.87. The Morgan fingerprint density at radius 2 is 1.71 bits per heavy atom. The van der Waals surface area contributed by atoms with E-state index in [0.29, 0.717) is 20.8 Å². The second kappa shape index (κ2) is 7.90. The van der Waals surface area contributed by atoms with Crippen LogP contribution < -0.4 is 10.1 Å². The Bertz CT molecular complexity index is 596. The lowest BCUT2D eigenvalue weighted by Crippen LogP contribution is -2.11. The largest absolute Gasteiger partial charge is 0.487 e. The van der Waals surface area contributed by atoms with Crippen molar-refractivity contribution in [3.63, 3.8) is 0 Å². The van der Waals surface area contributed by atoms with E-state index in [2.05, 4.69) is 12.2 Å². The van der Waals surface area contributed by atoms with Crippen LogP contribution in [0.5, 0.6) is 5.75 Å². The normalized spacial score (nSPS) is 10.7. The maximum absolute atomic E-state index is 6.24. The van der Waals surface area contributed by atoms with E-state index in [1.54, 1.807) is 18.2 Å². The van der Waals surface area contributed by atoms with Crippen molar-refractivity contribution < 1.29 is 4.74 Å². The summed E-state index contributed by atoms with van der Waals surface area (Å²) in [5.74, 6) is 0.618. The molecule has 0 unspecified atom stereocenters.